The van der Waals surface area contributed by atoms with Gasteiger partial charge in [-0.2, -0.15) is 0 Å². The number of carbonyl (C=O) groups is 1. The Morgan fingerprint density at radius 2 is 2.12 bits per heavy atom. The van der Waals surface area contributed by atoms with Gasteiger partial charge in [-0.05, 0) is 38.8 Å². The molecule has 1 heterocycles. The van der Waals surface area contributed by atoms with Crippen molar-refractivity contribution in [3.63, 3.8) is 0 Å². The van der Waals surface area contributed by atoms with Crippen LogP contribution < -0.4 is 5.32 Å². The topological polar surface area (TPSA) is 32.3 Å². The number of rotatable bonds is 3. The first-order valence-corrected chi connectivity index (χ1v) is 6.60. The first-order chi connectivity index (χ1) is 7.65. The highest BCUT2D eigenvalue weighted by Crippen LogP contribution is 2.40. The third kappa shape index (κ3) is 2.24. The van der Waals surface area contributed by atoms with E-state index in [9.17, 15) is 4.79 Å². The van der Waals surface area contributed by atoms with Gasteiger partial charge in [0, 0.05) is 18.5 Å². The molecule has 2 aliphatic rings. The molecule has 1 N–H and O–H groups in total. The summed E-state index contributed by atoms with van der Waals surface area (Å²) in [6.07, 6.45) is 5.83. The Morgan fingerprint density at radius 1 is 1.44 bits per heavy atom. The third-order valence-corrected chi connectivity index (χ3v) is 4.29. The summed E-state index contributed by atoms with van der Waals surface area (Å²) in [4.78, 5) is 14.5. The molecule has 1 unspecified atom stereocenters. The number of hydrogen-bond acceptors (Lipinski definition) is 2. The molecule has 0 aromatic carbocycles. The SMILES string of the molecule is CNCC1CCN(C(=O)C2(C)CCCC2)C1. The van der Waals surface area contributed by atoms with Crippen LogP contribution in [0.15, 0.2) is 0 Å². The van der Waals surface area contributed by atoms with Gasteiger partial charge in [0.1, 0.15) is 0 Å². The molecule has 3 heteroatoms. The van der Waals surface area contributed by atoms with Crippen LogP contribution in [0.2, 0.25) is 0 Å². The van der Waals surface area contributed by atoms with Gasteiger partial charge >= 0.3 is 0 Å². The number of likely N-dealkylation sites (tertiary alicyclic amines) is 1. The minimum atomic E-state index is -0.0332. The van der Waals surface area contributed by atoms with Crippen LogP contribution in [0.5, 0.6) is 0 Å². The molecule has 1 atom stereocenters. The van der Waals surface area contributed by atoms with Crippen molar-refractivity contribution in [3.8, 4) is 0 Å². The molecule has 0 bridgehead atoms. The molecule has 2 fully saturated rings. The standard InChI is InChI=1S/C13H24N2O/c1-13(6-3-4-7-13)12(16)15-8-5-11(10-15)9-14-2/h11,14H,3-10H2,1-2H3. The van der Waals surface area contributed by atoms with Crippen LogP contribution in [0.3, 0.4) is 0 Å². The Balaban J connectivity index is 1.91. The van der Waals surface area contributed by atoms with Crippen LogP contribution in [0.1, 0.15) is 39.0 Å². The molecular weight excluding hydrogens is 200 g/mol. The van der Waals surface area contributed by atoms with Gasteiger partial charge in [-0.15, -0.1) is 0 Å². The highest BCUT2D eigenvalue weighted by molar-refractivity contribution is 5.82. The molecule has 1 aliphatic heterocycles. The normalized spacial score (nSPS) is 28.6. The maximum Gasteiger partial charge on any atom is 0.228 e. The van der Waals surface area contributed by atoms with Crippen molar-refractivity contribution in [2.45, 2.75) is 39.0 Å². The van der Waals surface area contributed by atoms with E-state index in [2.05, 4.69) is 17.1 Å². The van der Waals surface area contributed by atoms with Gasteiger partial charge in [0.25, 0.3) is 0 Å². The lowest BCUT2D eigenvalue weighted by Gasteiger charge is -2.28. The van der Waals surface area contributed by atoms with Crippen LogP contribution >= 0.6 is 0 Å². The maximum atomic E-state index is 12.4. The molecule has 1 saturated carbocycles. The summed E-state index contributed by atoms with van der Waals surface area (Å²) in [5.41, 5.74) is -0.0332. The average Bonchev–Trinajstić information content (AvgIpc) is 2.88. The summed E-state index contributed by atoms with van der Waals surface area (Å²) in [6.45, 7) is 5.14. The Hall–Kier alpha value is -0.570. The highest BCUT2D eigenvalue weighted by Gasteiger charge is 2.40. The van der Waals surface area contributed by atoms with Crippen LogP contribution in [0.4, 0.5) is 0 Å². The van der Waals surface area contributed by atoms with E-state index in [4.69, 9.17) is 0 Å². The Morgan fingerprint density at radius 3 is 2.75 bits per heavy atom. The molecule has 0 aromatic rings. The zero-order valence-electron chi connectivity index (χ0n) is 10.6. The quantitative estimate of drug-likeness (QED) is 0.790. The van der Waals surface area contributed by atoms with E-state index < -0.39 is 0 Å². The van der Waals surface area contributed by atoms with Gasteiger partial charge in [-0.25, -0.2) is 0 Å². The Labute approximate surface area is 98.6 Å². The van der Waals surface area contributed by atoms with Crippen molar-refractivity contribution >= 4 is 5.91 Å². The third-order valence-electron chi connectivity index (χ3n) is 4.29. The monoisotopic (exact) mass is 224 g/mol. The minimum absolute atomic E-state index is 0.0332. The predicted molar refractivity (Wildman–Crippen MR) is 65.2 cm³/mol. The number of carbonyl (C=O) groups excluding carboxylic acids is 1. The first kappa shape index (κ1) is 11.9. The summed E-state index contributed by atoms with van der Waals surface area (Å²) in [6, 6.07) is 0. The van der Waals surface area contributed by atoms with Gasteiger partial charge in [0.15, 0.2) is 0 Å². The summed E-state index contributed by atoms with van der Waals surface area (Å²) in [5.74, 6) is 1.09. The van der Waals surface area contributed by atoms with Crippen LogP contribution in [-0.4, -0.2) is 37.5 Å². The van der Waals surface area contributed by atoms with Crippen molar-refractivity contribution in [3.05, 3.63) is 0 Å². The van der Waals surface area contributed by atoms with Crippen molar-refractivity contribution in [1.29, 1.82) is 0 Å². The van der Waals surface area contributed by atoms with E-state index in [1.165, 1.54) is 19.3 Å². The molecule has 0 radical (unpaired) electrons. The zero-order chi connectivity index (χ0) is 11.6. The van der Waals surface area contributed by atoms with Crippen molar-refractivity contribution in [1.82, 2.24) is 10.2 Å². The molecule has 1 saturated heterocycles. The van der Waals surface area contributed by atoms with E-state index in [1.807, 2.05) is 7.05 Å². The minimum Gasteiger partial charge on any atom is -0.342 e. The van der Waals surface area contributed by atoms with E-state index in [0.29, 0.717) is 11.8 Å². The van der Waals surface area contributed by atoms with E-state index in [1.54, 1.807) is 0 Å². The lowest BCUT2D eigenvalue weighted by Crippen LogP contribution is -2.40. The molecular formula is C13H24N2O. The Kier molecular flexibility index (Phi) is 3.53. The summed E-state index contributed by atoms with van der Waals surface area (Å²) < 4.78 is 0. The second kappa shape index (κ2) is 4.74. The molecule has 2 rings (SSSR count). The molecule has 0 aromatic heterocycles. The molecule has 16 heavy (non-hydrogen) atoms. The maximum absolute atomic E-state index is 12.4. The fraction of sp³-hybridized carbons (Fsp3) is 0.923. The van der Waals surface area contributed by atoms with Crippen molar-refractivity contribution in [2.24, 2.45) is 11.3 Å². The van der Waals surface area contributed by atoms with E-state index >= 15 is 0 Å². The predicted octanol–water partition coefficient (Wildman–Crippen LogP) is 1.63. The summed E-state index contributed by atoms with van der Waals surface area (Å²) in [7, 11) is 1.99. The summed E-state index contributed by atoms with van der Waals surface area (Å²) >= 11 is 0. The lowest BCUT2D eigenvalue weighted by atomic mass is 9.87. The first-order valence-electron chi connectivity index (χ1n) is 6.60. The van der Waals surface area contributed by atoms with Gasteiger partial charge in [-0.3, -0.25) is 4.79 Å². The van der Waals surface area contributed by atoms with Crippen molar-refractivity contribution in [2.75, 3.05) is 26.7 Å². The molecule has 92 valence electrons. The van der Waals surface area contributed by atoms with Crippen LogP contribution in [0.25, 0.3) is 0 Å². The molecule has 0 spiro atoms. The van der Waals surface area contributed by atoms with Gasteiger partial charge < -0.3 is 10.2 Å². The fourth-order valence-corrected chi connectivity index (χ4v) is 3.22. The second-order valence-corrected chi connectivity index (χ2v) is 5.73. The van der Waals surface area contributed by atoms with Gasteiger partial charge in [-0.1, -0.05) is 19.8 Å². The molecule has 1 amide bonds. The van der Waals surface area contributed by atoms with Gasteiger partial charge in [0.2, 0.25) is 5.91 Å². The largest absolute Gasteiger partial charge is 0.342 e. The average molecular weight is 224 g/mol. The fourth-order valence-electron chi connectivity index (χ4n) is 3.22. The Bertz CT molecular complexity index is 259. The molecule has 1 aliphatic carbocycles. The number of nitrogens with zero attached hydrogens (tertiary/aromatic N) is 1. The highest BCUT2D eigenvalue weighted by atomic mass is 16.2. The van der Waals surface area contributed by atoms with E-state index in [-0.39, 0.29) is 5.41 Å². The number of amides is 1. The lowest BCUT2D eigenvalue weighted by molar-refractivity contribution is -0.140. The van der Waals surface area contributed by atoms with Crippen molar-refractivity contribution < 1.29 is 4.79 Å². The van der Waals surface area contributed by atoms with E-state index in [0.717, 1.165) is 32.5 Å². The molecule has 3 nitrogen and oxygen atoms in total. The smallest absolute Gasteiger partial charge is 0.228 e. The van der Waals surface area contributed by atoms with Crippen LogP contribution in [-0.2, 0) is 4.79 Å². The number of nitrogens with one attached hydrogen (secondary N) is 1. The summed E-state index contributed by atoms with van der Waals surface area (Å²) in [5, 5.41) is 3.21. The van der Waals surface area contributed by atoms with Crippen LogP contribution in [0, 0.1) is 11.3 Å². The van der Waals surface area contributed by atoms with Gasteiger partial charge in [0.05, 0.1) is 0 Å². The zero-order valence-corrected chi connectivity index (χ0v) is 10.6. The number of hydrogen-bond donors (Lipinski definition) is 1. The second-order valence-electron chi connectivity index (χ2n) is 5.73.